The second-order valence-electron chi connectivity index (χ2n) is 3.62. The highest BCUT2D eigenvalue weighted by atomic mass is 16.3. The minimum atomic E-state index is 0.790. The van der Waals surface area contributed by atoms with Crippen LogP contribution < -0.4 is 5.32 Å². The lowest BCUT2D eigenvalue weighted by molar-refractivity contribution is 0.546. The smallest absolute Gasteiger partial charge is 0.154 e. The number of furan rings is 1. The largest absolute Gasteiger partial charge is 0.460 e. The highest BCUT2D eigenvalue weighted by Crippen LogP contribution is 2.24. The van der Waals surface area contributed by atoms with Crippen LogP contribution in [0.1, 0.15) is 17.0 Å². The predicted octanol–water partition coefficient (Wildman–Crippen LogP) is 2.01. The van der Waals surface area contributed by atoms with E-state index in [-0.39, 0.29) is 0 Å². The second-order valence-corrected chi connectivity index (χ2v) is 3.62. The summed E-state index contributed by atoms with van der Waals surface area (Å²) in [6, 6.07) is 3.89. The average Bonchev–Trinajstić information content (AvgIpc) is 2.76. The maximum Gasteiger partial charge on any atom is 0.154 e. The van der Waals surface area contributed by atoms with Crippen molar-refractivity contribution >= 4 is 0 Å². The fourth-order valence-electron chi connectivity index (χ4n) is 1.58. The molecule has 0 amide bonds. The number of aryl methyl sites for hydroxylation is 1. The van der Waals surface area contributed by atoms with E-state index in [9.17, 15) is 0 Å². The SMILES string of the molecule is CNCc1[nH]nc(-c2ccc(C)o2)c1C. The molecule has 15 heavy (non-hydrogen) atoms. The monoisotopic (exact) mass is 205 g/mol. The van der Waals surface area contributed by atoms with Crippen molar-refractivity contribution in [2.45, 2.75) is 20.4 Å². The van der Waals surface area contributed by atoms with Gasteiger partial charge in [-0.2, -0.15) is 5.10 Å². The number of rotatable bonds is 3. The molecule has 4 nitrogen and oxygen atoms in total. The Labute approximate surface area is 88.7 Å². The summed E-state index contributed by atoms with van der Waals surface area (Å²) in [5.41, 5.74) is 3.13. The molecule has 0 spiro atoms. The third kappa shape index (κ3) is 1.80. The van der Waals surface area contributed by atoms with Gasteiger partial charge in [-0.3, -0.25) is 5.10 Å². The quantitative estimate of drug-likeness (QED) is 0.805. The highest BCUT2D eigenvalue weighted by Gasteiger charge is 2.12. The molecule has 2 heterocycles. The first-order valence-corrected chi connectivity index (χ1v) is 4.97. The Kier molecular flexibility index (Phi) is 2.60. The summed E-state index contributed by atoms with van der Waals surface area (Å²) in [5.74, 6) is 1.73. The molecular formula is C11H15N3O. The molecule has 0 atom stereocenters. The Morgan fingerprint density at radius 3 is 2.80 bits per heavy atom. The van der Waals surface area contributed by atoms with Gasteiger partial charge in [0.2, 0.25) is 0 Å². The first-order chi connectivity index (χ1) is 7.22. The van der Waals surface area contributed by atoms with E-state index >= 15 is 0 Å². The normalized spacial score (nSPS) is 10.9. The summed E-state index contributed by atoms with van der Waals surface area (Å²) < 4.78 is 5.54. The summed E-state index contributed by atoms with van der Waals surface area (Å²) in [6.45, 7) is 4.77. The van der Waals surface area contributed by atoms with Gasteiger partial charge in [0.05, 0.1) is 5.69 Å². The van der Waals surface area contributed by atoms with Crippen LogP contribution in [-0.4, -0.2) is 17.2 Å². The fourth-order valence-corrected chi connectivity index (χ4v) is 1.58. The number of H-pyrrole nitrogens is 1. The van der Waals surface area contributed by atoms with Crippen molar-refractivity contribution in [3.05, 3.63) is 29.2 Å². The van der Waals surface area contributed by atoms with Gasteiger partial charge < -0.3 is 9.73 Å². The molecular weight excluding hydrogens is 190 g/mol. The Morgan fingerprint density at radius 1 is 1.40 bits per heavy atom. The lowest BCUT2D eigenvalue weighted by Gasteiger charge is -1.97. The summed E-state index contributed by atoms with van der Waals surface area (Å²) in [4.78, 5) is 0. The second kappa shape index (κ2) is 3.90. The van der Waals surface area contributed by atoms with Crippen LogP contribution >= 0.6 is 0 Å². The maximum absolute atomic E-state index is 5.54. The van der Waals surface area contributed by atoms with Crippen molar-refractivity contribution in [1.82, 2.24) is 15.5 Å². The maximum atomic E-state index is 5.54. The third-order valence-electron chi connectivity index (χ3n) is 2.44. The summed E-state index contributed by atoms with van der Waals surface area (Å²) in [7, 11) is 1.91. The zero-order valence-electron chi connectivity index (χ0n) is 9.22. The topological polar surface area (TPSA) is 53.9 Å². The molecule has 2 aromatic heterocycles. The van der Waals surface area contributed by atoms with E-state index in [1.54, 1.807) is 0 Å². The minimum absolute atomic E-state index is 0.790. The molecule has 2 rings (SSSR count). The van der Waals surface area contributed by atoms with Crippen molar-refractivity contribution in [2.24, 2.45) is 0 Å². The molecule has 0 radical (unpaired) electrons. The van der Waals surface area contributed by atoms with Crippen molar-refractivity contribution < 1.29 is 4.42 Å². The molecule has 0 aromatic carbocycles. The number of aromatic nitrogens is 2. The Morgan fingerprint density at radius 2 is 2.20 bits per heavy atom. The van der Waals surface area contributed by atoms with Gasteiger partial charge in [0.25, 0.3) is 0 Å². The lowest BCUT2D eigenvalue weighted by Crippen LogP contribution is -2.06. The van der Waals surface area contributed by atoms with E-state index in [0.717, 1.165) is 35.0 Å². The van der Waals surface area contributed by atoms with Crippen molar-refractivity contribution in [3.63, 3.8) is 0 Å². The van der Waals surface area contributed by atoms with Gasteiger partial charge in [-0.1, -0.05) is 0 Å². The van der Waals surface area contributed by atoms with E-state index in [2.05, 4.69) is 15.5 Å². The van der Waals surface area contributed by atoms with Crippen LogP contribution in [-0.2, 0) is 6.54 Å². The van der Waals surface area contributed by atoms with Gasteiger partial charge in [-0.15, -0.1) is 0 Å². The number of nitrogens with one attached hydrogen (secondary N) is 2. The number of hydrogen-bond donors (Lipinski definition) is 2. The number of hydrogen-bond acceptors (Lipinski definition) is 3. The lowest BCUT2D eigenvalue weighted by atomic mass is 10.2. The summed E-state index contributed by atoms with van der Waals surface area (Å²) in [6.07, 6.45) is 0. The molecule has 0 aliphatic heterocycles. The van der Waals surface area contributed by atoms with Crippen LogP contribution in [0.5, 0.6) is 0 Å². The Bertz CT molecular complexity index is 456. The van der Waals surface area contributed by atoms with E-state index in [4.69, 9.17) is 4.42 Å². The zero-order chi connectivity index (χ0) is 10.8. The molecule has 0 saturated heterocycles. The summed E-state index contributed by atoms with van der Waals surface area (Å²) in [5, 5.41) is 10.4. The standard InChI is InChI=1S/C11H15N3O/c1-7-4-5-10(15-7)11-8(2)9(6-12-3)13-14-11/h4-5,12H,6H2,1-3H3,(H,13,14). The van der Waals surface area contributed by atoms with Gasteiger partial charge >= 0.3 is 0 Å². The van der Waals surface area contributed by atoms with Crippen molar-refractivity contribution in [1.29, 1.82) is 0 Å². The minimum Gasteiger partial charge on any atom is -0.460 e. The summed E-state index contributed by atoms with van der Waals surface area (Å²) >= 11 is 0. The molecule has 0 aliphatic rings. The Hall–Kier alpha value is -1.55. The van der Waals surface area contributed by atoms with Crippen LogP contribution in [0.2, 0.25) is 0 Å². The number of aromatic amines is 1. The number of nitrogens with zero attached hydrogens (tertiary/aromatic N) is 1. The van der Waals surface area contributed by atoms with Crippen LogP contribution in [0.25, 0.3) is 11.5 Å². The van der Waals surface area contributed by atoms with Crippen molar-refractivity contribution in [3.8, 4) is 11.5 Å². The van der Waals surface area contributed by atoms with Gasteiger partial charge in [0.1, 0.15) is 11.5 Å². The third-order valence-corrected chi connectivity index (χ3v) is 2.44. The molecule has 0 unspecified atom stereocenters. The Balaban J connectivity index is 2.37. The van der Waals surface area contributed by atoms with Gasteiger partial charge in [-0.25, -0.2) is 0 Å². The zero-order valence-corrected chi connectivity index (χ0v) is 9.22. The molecule has 0 bridgehead atoms. The van der Waals surface area contributed by atoms with E-state index < -0.39 is 0 Å². The molecule has 0 aliphatic carbocycles. The first-order valence-electron chi connectivity index (χ1n) is 4.97. The molecule has 80 valence electrons. The van der Waals surface area contributed by atoms with E-state index in [1.165, 1.54) is 0 Å². The first kappa shape index (κ1) is 9.98. The van der Waals surface area contributed by atoms with Crippen LogP contribution in [0.3, 0.4) is 0 Å². The van der Waals surface area contributed by atoms with Crippen molar-refractivity contribution in [2.75, 3.05) is 7.05 Å². The molecule has 2 N–H and O–H groups in total. The molecule has 0 fully saturated rings. The molecule has 4 heteroatoms. The van der Waals surface area contributed by atoms with E-state index in [1.807, 2.05) is 33.0 Å². The predicted molar refractivity (Wildman–Crippen MR) is 58.5 cm³/mol. The fraction of sp³-hybridized carbons (Fsp3) is 0.364. The van der Waals surface area contributed by atoms with Gasteiger partial charge in [0, 0.05) is 12.1 Å². The van der Waals surface area contributed by atoms with Crippen LogP contribution in [0.4, 0.5) is 0 Å². The molecule has 2 aromatic rings. The van der Waals surface area contributed by atoms with Gasteiger partial charge in [0.15, 0.2) is 5.76 Å². The van der Waals surface area contributed by atoms with Crippen LogP contribution in [0, 0.1) is 13.8 Å². The van der Waals surface area contributed by atoms with E-state index in [0.29, 0.717) is 0 Å². The molecule has 0 saturated carbocycles. The van der Waals surface area contributed by atoms with Gasteiger partial charge in [-0.05, 0) is 33.0 Å². The van der Waals surface area contributed by atoms with Crippen LogP contribution in [0.15, 0.2) is 16.5 Å². The average molecular weight is 205 g/mol. The highest BCUT2D eigenvalue weighted by molar-refractivity contribution is 5.58.